The first-order valence-corrected chi connectivity index (χ1v) is 8.09. The summed E-state index contributed by atoms with van der Waals surface area (Å²) in [5, 5.41) is -0.327. The molecule has 104 valence electrons. The first-order valence-electron chi connectivity index (χ1n) is 6.86. The number of benzene rings is 2. The van der Waals surface area contributed by atoms with Gasteiger partial charge in [0.1, 0.15) is 5.82 Å². The molecule has 0 nitrogen and oxygen atoms in total. The zero-order valence-corrected chi connectivity index (χ0v) is 13.3. The van der Waals surface area contributed by atoms with E-state index in [2.05, 4.69) is 34.1 Å². The molecule has 1 aliphatic rings. The second-order valence-corrected chi connectivity index (χ2v) is 6.47. The van der Waals surface area contributed by atoms with Gasteiger partial charge in [0, 0.05) is 0 Å². The summed E-state index contributed by atoms with van der Waals surface area (Å²) < 4.78 is 14.1. The Bertz CT molecular complexity index is 639. The summed E-state index contributed by atoms with van der Waals surface area (Å²) in [6, 6.07) is 11.4. The molecule has 1 unspecified atom stereocenters. The molecule has 0 spiro atoms. The summed E-state index contributed by atoms with van der Waals surface area (Å²) in [5.41, 5.74) is 4.65. The third kappa shape index (κ3) is 2.64. The predicted molar refractivity (Wildman–Crippen MR) is 84.9 cm³/mol. The van der Waals surface area contributed by atoms with E-state index in [1.54, 1.807) is 6.07 Å². The molecular weight excluding hydrogens is 339 g/mol. The standard InChI is InChI=1S/C17H15BrClF/c18-16-14(6-3-7-15(16)20)17(19)13-9-8-11-4-1-2-5-12(11)10-13/h3,6-10,17H,1-2,4-5H2. The first kappa shape index (κ1) is 14.1. The van der Waals surface area contributed by atoms with Crippen molar-refractivity contribution in [3.8, 4) is 0 Å². The van der Waals surface area contributed by atoms with Crippen LogP contribution in [0.15, 0.2) is 40.9 Å². The van der Waals surface area contributed by atoms with Gasteiger partial charge in [0.15, 0.2) is 0 Å². The Morgan fingerprint density at radius 2 is 1.80 bits per heavy atom. The maximum Gasteiger partial charge on any atom is 0.137 e. The van der Waals surface area contributed by atoms with Crippen LogP contribution >= 0.6 is 27.5 Å². The molecule has 0 radical (unpaired) electrons. The molecule has 3 heteroatoms. The van der Waals surface area contributed by atoms with Crippen molar-refractivity contribution in [2.75, 3.05) is 0 Å². The third-order valence-electron chi connectivity index (χ3n) is 3.92. The molecule has 0 bridgehead atoms. The summed E-state index contributed by atoms with van der Waals surface area (Å²) in [5.74, 6) is -0.272. The SMILES string of the molecule is Fc1cccc(C(Cl)c2ccc3c(c2)CCCC3)c1Br. The summed E-state index contributed by atoms with van der Waals surface area (Å²) in [4.78, 5) is 0. The normalized spacial score (nSPS) is 15.8. The van der Waals surface area contributed by atoms with Crippen LogP contribution in [-0.4, -0.2) is 0 Å². The molecule has 2 aromatic carbocycles. The highest BCUT2D eigenvalue weighted by molar-refractivity contribution is 9.10. The maximum absolute atomic E-state index is 13.6. The smallest absolute Gasteiger partial charge is 0.137 e. The van der Waals surface area contributed by atoms with Crippen molar-refractivity contribution in [3.05, 3.63) is 68.9 Å². The number of halogens is 3. The minimum Gasteiger partial charge on any atom is -0.206 e. The maximum atomic E-state index is 13.6. The lowest BCUT2D eigenvalue weighted by Gasteiger charge is -2.19. The molecule has 0 N–H and O–H groups in total. The Morgan fingerprint density at radius 1 is 1.05 bits per heavy atom. The van der Waals surface area contributed by atoms with Gasteiger partial charge in [0.2, 0.25) is 0 Å². The molecule has 0 aromatic heterocycles. The van der Waals surface area contributed by atoms with Gasteiger partial charge in [-0.1, -0.05) is 30.3 Å². The van der Waals surface area contributed by atoms with Crippen LogP contribution in [0.4, 0.5) is 4.39 Å². The van der Waals surface area contributed by atoms with Gasteiger partial charge in [-0.05, 0) is 69.9 Å². The van der Waals surface area contributed by atoms with E-state index in [4.69, 9.17) is 11.6 Å². The van der Waals surface area contributed by atoms with Crippen molar-refractivity contribution in [1.29, 1.82) is 0 Å². The second kappa shape index (κ2) is 5.87. The zero-order chi connectivity index (χ0) is 14.1. The van der Waals surface area contributed by atoms with Crippen LogP contribution in [0.2, 0.25) is 0 Å². The lowest BCUT2D eigenvalue weighted by atomic mass is 9.89. The fraction of sp³-hybridized carbons (Fsp3) is 0.294. The third-order valence-corrected chi connectivity index (χ3v) is 5.24. The fourth-order valence-corrected chi connectivity index (χ4v) is 3.75. The number of hydrogen-bond acceptors (Lipinski definition) is 0. The molecule has 1 atom stereocenters. The van der Waals surface area contributed by atoms with Gasteiger partial charge >= 0.3 is 0 Å². The van der Waals surface area contributed by atoms with Crippen molar-refractivity contribution in [3.63, 3.8) is 0 Å². The van der Waals surface area contributed by atoms with Crippen LogP contribution in [-0.2, 0) is 12.8 Å². The van der Waals surface area contributed by atoms with Crippen LogP contribution in [0.1, 0.15) is 40.5 Å². The lowest BCUT2D eigenvalue weighted by molar-refractivity contribution is 0.618. The summed E-state index contributed by atoms with van der Waals surface area (Å²) in [7, 11) is 0. The zero-order valence-electron chi connectivity index (χ0n) is 11.0. The van der Waals surface area contributed by atoms with E-state index < -0.39 is 0 Å². The van der Waals surface area contributed by atoms with Gasteiger partial charge in [-0.15, -0.1) is 11.6 Å². The Morgan fingerprint density at radius 3 is 2.60 bits per heavy atom. The average Bonchev–Trinajstić information content (AvgIpc) is 2.49. The highest BCUT2D eigenvalue weighted by Gasteiger charge is 2.18. The molecule has 1 aliphatic carbocycles. The second-order valence-electron chi connectivity index (χ2n) is 5.24. The largest absolute Gasteiger partial charge is 0.206 e. The monoisotopic (exact) mass is 352 g/mol. The van der Waals surface area contributed by atoms with Crippen molar-refractivity contribution >= 4 is 27.5 Å². The molecule has 3 rings (SSSR count). The topological polar surface area (TPSA) is 0 Å². The van der Waals surface area contributed by atoms with Gasteiger partial charge in [0.25, 0.3) is 0 Å². The molecule has 0 fully saturated rings. The molecule has 0 heterocycles. The lowest BCUT2D eigenvalue weighted by Crippen LogP contribution is -2.04. The van der Waals surface area contributed by atoms with Gasteiger partial charge in [-0.25, -0.2) is 4.39 Å². The van der Waals surface area contributed by atoms with Crippen LogP contribution in [0.5, 0.6) is 0 Å². The number of rotatable bonds is 2. The summed E-state index contributed by atoms with van der Waals surface area (Å²) in [6.45, 7) is 0. The average molecular weight is 354 g/mol. The van der Waals surface area contributed by atoms with Crippen LogP contribution < -0.4 is 0 Å². The summed E-state index contributed by atoms with van der Waals surface area (Å²) in [6.07, 6.45) is 4.79. The molecule has 0 saturated heterocycles. The van der Waals surface area contributed by atoms with Gasteiger partial charge in [-0.3, -0.25) is 0 Å². The fourth-order valence-electron chi connectivity index (χ4n) is 2.81. The molecule has 0 aliphatic heterocycles. The van der Waals surface area contributed by atoms with E-state index in [0.29, 0.717) is 4.47 Å². The van der Waals surface area contributed by atoms with E-state index in [9.17, 15) is 4.39 Å². The molecular formula is C17H15BrClF. The van der Waals surface area contributed by atoms with Crippen LogP contribution in [0, 0.1) is 5.82 Å². The van der Waals surface area contributed by atoms with E-state index >= 15 is 0 Å². The first-order chi connectivity index (χ1) is 9.66. The van der Waals surface area contributed by atoms with Crippen molar-refractivity contribution in [2.45, 2.75) is 31.1 Å². The van der Waals surface area contributed by atoms with E-state index in [0.717, 1.165) is 24.0 Å². The van der Waals surface area contributed by atoms with E-state index in [1.165, 1.54) is 30.0 Å². The molecule has 0 saturated carbocycles. The highest BCUT2D eigenvalue weighted by Crippen LogP contribution is 2.36. The predicted octanol–water partition coefficient (Wildman–Crippen LogP) is 5.80. The van der Waals surface area contributed by atoms with Crippen molar-refractivity contribution < 1.29 is 4.39 Å². The minimum atomic E-state index is -0.327. The Kier molecular flexibility index (Phi) is 4.13. The van der Waals surface area contributed by atoms with Crippen LogP contribution in [0.25, 0.3) is 0 Å². The van der Waals surface area contributed by atoms with E-state index in [-0.39, 0.29) is 11.2 Å². The number of aryl methyl sites for hydroxylation is 2. The van der Waals surface area contributed by atoms with E-state index in [1.807, 2.05) is 6.07 Å². The Hall–Kier alpha value is -0.860. The highest BCUT2D eigenvalue weighted by atomic mass is 79.9. The van der Waals surface area contributed by atoms with Gasteiger partial charge in [0.05, 0.1) is 9.85 Å². The van der Waals surface area contributed by atoms with Crippen LogP contribution in [0.3, 0.4) is 0 Å². The Labute approximate surface area is 132 Å². The summed E-state index contributed by atoms with van der Waals surface area (Å²) >= 11 is 9.85. The quantitative estimate of drug-likeness (QED) is 0.599. The van der Waals surface area contributed by atoms with Crippen molar-refractivity contribution in [2.24, 2.45) is 0 Å². The van der Waals surface area contributed by atoms with Gasteiger partial charge in [-0.2, -0.15) is 0 Å². The van der Waals surface area contributed by atoms with Gasteiger partial charge < -0.3 is 0 Å². The number of alkyl halides is 1. The minimum absolute atomic E-state index is 0.272. The number of hydrogen-bond donors (Lipinski definition) is 0. The van der Waals surface area contributed by atoms with Crippen molar-refractivity contribution in [1.82, 2.24) is 0 Å². The molecule has 20 heavy (non-hydrogen) atoms. The Balaban J connectivity index is 1.98. The number of fused-ring (bicyclic) bond motifs is 1. The molecule has 0 amide bonds. The molecule has 2 aromatic rings.